The minimum Gasteiger partial charge on any atom is -0.350 e. The summed E-state index contributed by atoms with van der Waals surface area (Å²) in [5.41, 5.74) is 3.16. The molecule has 1 heterocycles. The van der Waals surface area contributed by atoms with Gasteiger partial charge in [-0.05, 0) is 66.9 Å². The third-order valence-electron chi connectivity index (χ3n) is 4.87. The smallest absolute Gasteiger partial charge is 0.282 e. The van der Waals surface area contributed by atoms with Crippen molar-refractivity contribution in [1.29, 1.82) is 0 Å². The highest BCUT2D eigenvalue weighted by Crippen LogP contribution is 2.35. The maximum absolute atomic E-state index is 13.8. The van der Waals surface area contributed by atoms with Gasteiger partial charge in [0.25, 0.3) is 11.8 Å². The number of nitrogens with one attached hydrogen (secondary N) is 1. The second-order valence-corrected chi connectivity index (χ2v) is 7.74. The molecule has 0 fully saturated rings. The molecular weight excluding hydrogens is 422 g/mol. The molecule has 1 aliphatic rings. The lowest BCUT2D eigenvalue weighted by molar-refractivity contribution is -0.120. The van der Waals surface area contributed by atoms with Gasteiger partial charge in [0.1, 0.15) is 5.70 Å². The molecule has 0 atom stereocenters. The van der Waals surface area contributed by atoms with E-state index in [-0.39, 0.29) is 17.0 Å². The molecule has 4 rings (SSSR count). The monoisotopic (exact) mass is 438 g/mol. The van der Waals surface area contributed by atoms with Crippen LogP contribution in [-0.2, 0) is 9.59 Å². The number of halogens is 3. The fraction of sp³-hybridized carbons (Fsp3) is 0.0833. The highest BCUT2D eigenvalue weighted by Gasteiger charge is 2.40. The van der Waals surface area contributed by atoms with Gasteiger partial charge in [-0.1, -0.05) is 29.8 Å². The van der Waals surface area contributed by atoms with Crippen molar-refractivity contribution in [1.82, 2.24) is 0 Å². The maximum Gasteiger partial charge on any atom is 0.282 e. The summed E-state index contributed by atoms with van der Waals surface area (Å²) in [6.07, 6.45) is 0. The Morgan fingerprint density at radius 1 is 0.806 bits per heavy atom. The van der Waals surface area contributed by atoms with Gasteiger partial charge in [0, 0.05) is 16.8 Å². The van der Waals surface area contributed by atoms with Crippen LogP contribution in [0.25, 0.3) is 5.57 Å². The first kappa shape index (κ1) is 20.8. The Morgan fingerprint density at radius 2 is 1.45 bits per heavy atom. The number of nitrogens with zero attached hydrogens (tertiary/aromatic N) is 1. The number of amides is 2. The average Bonchev–Trinajstić information content (AvgIpc) is 2.94. The molecule has 0 unspecified atom stereocenters. The second-order valence-electron chi connectivity index (χ2n) is 7.30. The molecule has 31 heavy (non-hydrogen) atoms. The lowest BCUT2D eigenvalue weighted by atomic mass is 10.0. The summed E-state index contributed by atoms with van der Waals surface area (Å²) < 4.78 is 27.2. The van der Waals surface area contributed by atoms with Crippen molar-refractivity contribution in [2.45, 2.75) is 13.8 Å². The number of carbonyl (C=O) groups excluding carboxylic acids is 2. The van der Waals surface area contributed by atoms with Crippen LogP contribution in [0.4, 0.5) is 20.2 Å². The van der Waals surface area contributed by atoms with E-state index in [1.807, 2.05) is 32.0 Å². The van der Waals surface area contributed by atoms with Gasteiger partial charge >= 0.3 is 0 Å². The fourth-order valence-electron chi connectivity index (χ4n) is 3.58. The van der Waals surface area contributed by atoms with Crippen LogP contribution in [0.5, 0.6) is 0 Å². The van der Waals surface area contributed by atoms with Crippen molar-refractivity contribution < 1.29 is 18.4 Å². The average molecular weight is 439 g/mol. The SMILES string of the molecule is Cc1cc(C)cc(NC2=C(c3ccc(Cl)cc3)C(=O)N(c3ccc(F)c(F)c3)C2=O)c1. The van der Waals surface area contributed by atoms with Crippen LogP contribution in [-0.4, -0.2) is 11.8 Å². The van der Waals surface area contributed by atoms with Crippen molar-refractivity contribution in [3.8, 4) is 0 Å². The molecule has 4 nitrogen and oxygen atoms in total. The molecule has 0 spiro atoms. The first-order valence-electron chi connectivity index (χ1n) is 9.44. The van der Waals surface area contributed by atoms with Gasteiger partial charge in [-0.3, -0.25) is 9.59 Å². The van der Waals surface area contributed by atoms with Crippen LogP contribution in [0.15, 0.2) is 66.4 Å². The molecule has 156 valence electrons. The van der Waals surface area contributed by atoms with Gasteiger partial charge in [-0.25, -0.2) is 13.7 Å². The molecule has 3 aromatic rings. The van der Waals surface area contributed by atoms with Crippen molar-refractivity contribution in [2.24, 2.45) is 0 Å². The zero-order valence-electron chi connectivity index (χ0n) is 16.7. The number of aryl methyl sites for hydroxylation is 2. The van der Waals surface area contributed by atoms with Crippen molar-refractivity contribution in [2.75, 3.05) is 10.2 Å². The predicted octanol–water partition coefficient (Wildman–Crippen LogP) is 5.63. The van der Waals surface area contributed by atoms with Gasteiger partial charge in [-0.15, -0.1) is 0 Å². The molecule has 0 saturated heterocycles. The van der Waals surface area contributed by atoms with Crippen molar-refractivity contribution in [3.63, 3.8) is 0 Å². The number of hydrogen-bond donors (Lipinski definition) is 1. The van der Waals surface area contributed by atoms with E-state index in [1.54, 1.807) is 24.3 Å². The first-order chi connectivity index (χ1) is 14.7. The van der Waals surface area contributed by atoms with Gasteiger partial charge in [0.2, 0.25) is 0 Å². The van der Waals surface area contributed by atoms with Crippen LogP contribution < -0.4 is 10.2 Å². The van der Waals surface area contributed by atoms with E-state index in [0.29, 0.717) is 16.3 Å². The molecule has 1 aliphatic heterocycles. The molecule has 0 aliphatic carbocycles. The standard InChI is InChI=1S/C24H17ClF2N2O2/c1-13-9-14(2)11-17(10-13)28-22-21(15-3-5-16(25)6-4-15)23(30)29(24(22)31)18-7-8-19(26)20(27)12-18/h3-12,28H,1-2H3. The zero-order chi connectivity index (χ0) is 22.3. The Kier molecular flexibility index (Phi) is 5.33. The lowest BCUT2D eigenvalue weighted by Crippen LogP contribution is -2.32. The number of anilines is 2. The molecule has 2 amide bonds. The largest absolute Gasteiger partial charge is 0.350 e. The number of benzene rings is 3. The van der Waals surface area contributed by atoms with Gasteiger partial charge in [0.05, 0.1) is 11.3 Å². The highest BCUT2D eigenvalue weighted by atomic mass is 35.5. The van der Waals surface area contributed by atoms with Crippen LogP contribution >= 0.6 is 11.6 Å². The van der Waals surface area contributed by atoms with E-state index in [0.717, 1.165) is 28.2 Å². The summed E-state index contributed by atoms with van der Waals surface area (Å²) in [5.74, 6) is -3.53. The summed E-state index contributed by atoms with van der Waals surface area (Å²) in [6, 6.07) is 15.0. The normalized spacial score (nSPS) is 13.9. The number of rotatable bonds is 4. The van der Waals surface area contributed by atoms with Crippen LogP contribution in [0.1, 0.15) is 16.7 Å². The quantitative estimate of drug-likeness (QED) is 0.537. The number of hydrogen-bond acceptors (Lipinski definition) is 3. The summed E-state index contributed by atoms with van der Waals surface area (Å²) in [5, 5.41) is 3.53. The Labute approximate surface area is 182 Å². The molecule has 0 aromatic heterocycles. The van der Waals surface area contributed by atoms with Gasteiger partial charge in [0.15, 0.2) is 11.6 Å². The lowest BCUT2D eigenvalue weighted by Gasteiger charge is -2.16. The van der Waals surface area contributed by atoms with E-state index < -0.39 is 23.4 Å². The Hall–Kier alpha value is -3.51. The molecule has 1 N–H and O–H groups in total. The second kappa shape index (κ2) is 7.96. The van der Waals surface area contributed by atoms with Gasteiger partial charge < -0.3 is 5.32 Å². The van der Waals surface area contributed by atoms with Crippen LogP contribution in [0.3, 0.4) is 0 Å². The Bertz CT molecular complexity index is 1230. The molecule has 0 bridgehead atoms. The minimum atomic E-state index is -1.15. The molecule has 7 heteroatoms. The van der Waals surface area contributed by atoms with E-state index >= 15 is 0 Å². The third-order valence-corrected chi connectivity index (χ3v) is 5.12. The molecule has 0 saturated carbocycles. The Balaban J connectivity index is 1.84. The first-order valence-corrected chi connectivity index (χ1v) is 9.82. The maximum atomic E-state index is 13.8. The van der Waals surface area contributed by atoms with E-state index in [1.165, 1.54) is 6.07 Å². The summed E-state index contributed by atoms with van der Waals surface area (Å²) in [4.78, 5) is 27.4. The molecular formula is C24H17ClF2N2O2. The zero-order valence-corrected chi connectivity index (χ0v) is 17.4. The van der Waals surface area contributed by atoms with E-state index in [9.17, 15) is 18.4 Å². The minimum absolute atomic E-state index is 0.0436. The molecule has 3 aromatic carbocycles. The van der Waals surface area contributed by atoms with Crippen molar-refractivity contribution >= 4 is 40.4 Å². The topological polar surface area (TPSA) is 49.4 Å². The van der Waals surface area contributed by atoms with Crippen LogP contribution in [0, 0.1) is 25.5 Å². The van der Waals surface area contributed by atoms with E-state index in [4.69, 9.17) is 11.6 Å². The summed E-state index contributed by atoms with van der Waals surface area (Å²) >= 11 is 5.97. The van der Waals surface area contributed by atoms with Gasteiger partial charge in [-0.2, -0.15) is 0 Å². The highest BCUT2D eigenvalue weighted by molar-refractivity contribution is 6.46. The van der Waals surface area contributed by atoms with Crippen molar-refractivity contribution in [3.05, 3.63) is 99.7 Å². The Morgan fingerprint density at radius 3 is 2.06 bits per heavy atom. The predicted molar refractivity (Wildman–Crippen MR) is 117 cm³/mol. The fourth-order valence-corrected chi connectivity index (χ4v) is 3.71. The van der Waals surface area contributed by atoms with E-state index in [2.05, 4.69) is 5.32 Å². The van der Waals surface area contributed by atoms with Crippen LogP contribution in [0.2, 0.25) is 5.02 Å². The molecule has 0 radical (unpaired) electrons. The number of imide groups is 1. The summed E-state index contributed by atoms with van der Waals surface area (Å²) in [6.45, 7) is 3.84. The third kappa shape index (κ3) is 3.94. The summed E-state index contributed by atoms with van der Waals surface area (Å²) in [7, 11) is 0. The number of carbonyl (C=O) groups is 2.